The smallest absolute Gasteiger partial charge is 0.382 e. The van der Waals surface area contributed by atoms with Crippen LogP contribution in [0, 0.1) is 18.8 Å². The number of halogens is 3. The van der Waals surface area contributed by atoms with Gasteiger partial charge in [-0.2, -0.15) is 18.2 Å². The number of pyridine rings is 1. The Balaban J connectivity index is 2.44. The lowest BCUT2D eigenvalue weighted by atomic mass is 9.88. The molecule has 2 heterocycles. The zero-order valence-corrected chi connectivity index (χ0v) is 13.4. The molecule has 2 rings (SSSR count). The van der Waals surface area contributed by atoms with Crippen LogP contribution in [0.4, 0.5) is 24.9 Å². The van der Waals surface area contributed by atoms with Crippen LogP contribution in [0.5, 0.6) is 0 Å². The first kappa shape index (κ1) is 17.5. The third-order valence-electron chi connectivity index (χ3n) is 3.36. The van der Waals surface area contributed by atoms with E-state index in [1.807, 2.05) is 0 Å². The molecule has 0 aliphatic heterocycles. The fraction of sp³-hybridized carbons (Fsp3) is 0.312. The number of nitrogens with two attached hydrogens (primary N) is 2. The molecule has 0 unspecified atom stereocenters. The minimum absolute atomic E-state index is 0.0364. The lowest BCUT2D eigenvalue weighted by molar-refractivity contribution is -0.137. The molecule has 0 aromatic carbocycles. The van der Waals surface area contributed by atoms with Gasteiger partial charge in [0.2, 0.25) is 5.95 Å². The maximum Gasteiger partial charge on any atom is 0.416 e. The fourth-order valence-corrected chi connectivity index (χ4v) is 2.00. The van der Waals surface area contributed by atoms with Crippen LogP contribution in [0.3, 0.4) is 0 Å². The van der Waals surface area contributed by atoms with Gasteiger partial charge in [-0.25, -0.2) is 4.98 Å². The number of hydrogen-bond acceptors (Lipinski definition) is 5. The molecule has 0 fully saturated rings. The monoisotopic (exact) mass is 335 g/mol. The summed E-state index contributed by atoms with van der Waals surface area (Å²) in [7, 11) is 0. The van der Waals surface area contributed by atoms with Crippen molar-refractivity contribution < 1.29 is 13.2 Å². The normalized spacial score (nSPS) is 11.8. The summed E-state index contributed by atoms with van der Waals surface area (Å²) in [6.07, 6.45) is -3.32. The van der Waals surface area contributed by atoms with E-state index in [4.69, 9.17) is 11.5 Å². The van der Waals surface area contributed by atoms with Crippen LogP contribution in [0.25, 0.3) is 0 Å². The van der Waals surface area contributed by atoms with Gasteiger partial charge >= 0.3 is 6.18 Å². The number of alkyl halides is 3. The van der Waals surface area contributed by atoms with Crippen molar-refractivity contribution in [3.8, 4) is 11.8 Å². The Labute approximate surface area is 137 Å². The van der Waals surface area contributed by atoms with Crippen LogP contribution in [0.1, 0.15) is 36.4 Å². The van der Waals surface area contributed by atoms with Crippen LogP contribution in [-0.2, 0) is 11.6 Å². The summed E-state index contributed by atoms with van der Waals surface area (Å²) in [6.45, 7) is 5.02. The Morgan fingerprint density at radius 3 is 2.38 bits per heavy atom. The second kappa shape index (κ2) is 6.00. The highest BCUT2D eigenvalue weighted by molar-refractivity contribution is 5.56. The summed E-state index contributed by atoms with van der Waals surface area (Å²) in [5.41, 5.74) is 10.7. The van der Waals surface area contributed by atoms with Crippen LogP contribution < -0.4 is 11.5 Å². The van der Waals surface area contributed by atoms with E-state index in [1.165, 1.54) is 0 Å². The number of nitrogen functional groups attached to an aromatic ring is 2. The van der Waals surface area contributed by atoms with Gasteiger partial charge in [0.1, 0.15) is 5.82 Å². The van der Waals surface area contributed by atoms with Gasteiger partial charge in [0.05, 0.1) is 27.9 Å². The Kier molecular flexibility index (Phi) is 4.38. The van der Waals surface area contributed by atoms with E-state index in [-0.39, 0.29) is 17.5 Å². The summed E-state index contributed by atoms with van der Waals surface area (Å²) in [5, 5.41) is 0. The van der Waals surface area contributed by atoms with Gasteiger partial charge in [0.25, 0.3) is 0 Å². The van der Waals surface area contributed by atoms with E-state index in [0.717, 1.165) is 18.3 Å². The van der Waals surface area contributed by atoms with E-state index in [9.17, 15) is 13.2 Å². The molecular formula is C16H16F3N5. The summed E-state index contributed by atoms with van der Waals surface area (Å²) in [5.74, 6) is 5.88. The zero-order valence-electron chi connectivity index (χ0n) is 13.4. The second-order valence-electron chi connectivity index (χ2n) is 5.73. The molecule has 0 radical (unpaired) electrons. The van der Waals surface area contributed by atoms with Gasteiger partial charge in [0, 0.05) is 6.20 Å². The van der Waals surface area contributed by atoms with Crippen molar-refractivity contribution in [2.45, 2.75) is 32.4 Å². The summed E-state index contributed by atoms with van der Waals surface area (Å²) in [6, 6.07) is 1.91. The topological polar surface area (TPSA) is 90.7 Å². The van der Waals surface area contributed by atoms with Crippen molar-refractivity contribution in [1.29, 1.82) is 0 Å². The highest BCUT2D eigenvalue weighted by Gasteiger charge is 2.32. The average molecular weight is 335 g/mol. The molecule has 24 heavy (non-hydrogen) atoms. The van der Waals surface area contributed by atoms with Gasteiger partial charge in [-0.1, -0.05) is 11.8 Å². The molecule has 0 amide bonds. The first-order chi connectivity index (χ1) is 11.0. The highest BCUT2D eigenvalue weighted by atomic mass is 19.4. The van der Waals surface area contributed by atoms with Gasteiger partial charge in [-0.05, 0) is 32.9 Å². The van der Waals surface area contributed by atoms with Crippen LogP contribution >= 0.6 is 0 Å². The van der Waals surface area contributed by atoms with E-state index < -0.39 is 17.2 Å². The Morgan fingerprint density at radius 2 is 1.79 bits per heavy atom. The van der Waals surface area contributed by atoms with Crippen LogP contribution in [0.2, 0.25) is 0 Å². The Morgan fingerprint density at radius 1 is 1.12 bits per heavy atom. The molecular weight excluding hydrogens is 319 g/mol. The van der Waals surface area contributed by atoms with E-state index in [0.29, 0.717) is 11.3 Å². The maximum absolute atomic E-state index is 12.8. The van der Waals surface area contributed by atoms with Gasteiger partial charge < -0.3 is 11.5 Å². The quantitative estimate of drug-likeness (QED) is 0.782. The average Bonchev–Trinajstić information content (AvgIpc) is 2.45. The predicted molar refractivity (Wildman–Crippen MR) is 84.7 cm³/mol. The SMILES string of the molecule is Cc1nc(N)nc(N)c1C#CC(C)(C)c1cc(C(F)(F)F)ccn1. The molecule has 0 aliphatic carbocycles. The van der Waals surface area contributed by atoms with E-state index in [1.54, 1.807) is 20.8 Å². The standard InChI is InChI=1S/C16H16F3N5/c1-9-11(13(20)24-14(21)23-9)4-6-15(2,3)12-8-10(5-7-22-12)16(17,18)19/h5,7-8H,1-3H3,(H4,20,21,23,24). The molecule has 0 atom stereocenters. The predicted octanol–water partition coefficient (Wildman–Crippen LogP) is 2.69. The minimum Gasteiger partial charge on any atom is -0.382 e. The molecule has 0 saturated heterocycles. The molecule has 0 bridgehead atoms. The Hall–Kier alpha value is -2.82. The maximum atomic E-state index is 12.8. The van der Waals surface area contributed by atoms with Crippen molar-refractivity contribution in [2.75, 3.05) is 11.5 Å². The number of rotatable bonds is 1. The number of hydrogen-bond donors (Lipinski definition) is 2. The molecule has 2 aromatic heterocycles. The minimum atomic E-state index is -4.44. The second-order valence-corrected chi connectivity index (χ2v) is 5.73. The highest BCUT2D eigenvalue weighted by Crippen LogP contribution is 2.31. The van der Waals surface area contributed by atoms with Crippen molar-refractivity contribution in [3.63, 3.8) is 0 Å². The number of anilines is 2. The third kappa shape index (κ3) is 3.74. The number of nitrogens with zero attached hydrogens (tertiary/aromatic N) is 3. The molecule has 2 aromatic rings. The third-order valence-corrected chi connectivity index (χ3v) is 3.36. The lowest BCUT2D eigenvalue weighted by Crippen LogP contribution is -2.18. The fourth-order valence-electron chi connectivity index (χ4n) is 2.00. The van der Waals surface area contributed by atoms with E-state index >= 15 is 0 Å². The molecule has 126 valence electrons. The number of aryl methyl sites for hydroxylation is 1. The van der Waals surface area contributed by atoms with Crippen molar-refractivity contribution in [2.24, 2.45) is 0 Å². The molecule has 4 N–H and O–H groups in total. The largest absolute Gasteiger partial charge is 0.416 e. The molecule has 0 spiro atoms. The van der Waals surface area contributed by atoms with E-state index in [2.05, 4.69) is 26.8 Å². The molecule has 5 nitrogen and oxygen atoms in total. The summed E-state index contributed by atoms with van der Waals surface area (Å²) in [4.78, 5) is 11.8. The first-order valence-electron chi connectivity index (χ1n) is 6.97. The lowest BCUT2D eigenvalue weighted by Gasteiger charge is -2.18. The molecule has 8 heteroatoms. The zero-order chi connectivity index (χ0) is 18.1. The molecule has 0 saturated carbocycles. The number of aromatic nitrogens is 3. The summed E-state index contributed by atoms with van der Waals surface area (Å²) < 4.78 is 38.5. The molecule has 0 aliphatic rings. The van der Waals surface area contributed by atoms with Crippen LogP contribution in [0.15, 0.2) is 18.3 Å². The van der Waals surface area contributed by atoms with Gasteiger partial charge in [0.15, 0.2) is 0 Å². The van der Waals surface area contributed by atoms with Crippen LogP contribution in [-0.4, -0.2) is 15.0 Å². The van der Waals surface area contributed by atoms with Crippen molar-refractivity contribution >= 4 is 11.8 Å². The van der Waals surface area contributed by atoms with Gasteiger partial charge in [-0.3, -0.25) is 4.98 Å². The Bertz CT molecular complexity index is 809. The van der Waals surface area contributed by atoms with Crippen molar-refractivity contribution in [3.05, 3.63) is 40.8 Å². The van der Waals surface area contributed by atoms with Gasteiger partial charge in [-0.15, -0.1) is 0 Å². The summed E-state index contributed by atoms with van der Waals surface area (Å²) >= 11 is 0. The first-order valence-corrected chi connectivity index (χ1v) is 6.97. The van der Waals surface area contributed by atoms with Crippen molar-refractivity contribution in [1.82, 2.24) is 15.0 Å².